The average molecular weight is 289 g/mol. The fourth-order valence-electron chi connectivity index (χ4n) is 2.01. The van der Waals surface area contributed by atoms with E-state index < -0.39 is 5.82 Å². The van der Waals surface area contributed by atoms with Crippen LogP contribution in [0.4, 0.5) is 21.5 Å². The number of hydrogen-bond donors (Lipinski definition) is 3. The summed E-state index contributed by atoms with van der Waals surface area (Å²) < 4.78 is 19.2. The molecule has 0 radical (unpaired) electrons. The topological polar surface area (TPSA) is 76.5 Å². The second-order valence-corrected chi connectivity index (χ2v) is 4.82. The van der Waals surface area contributed by atoms with Crippen LogP contribution in [0, 0.1) is 5.82 Å². The smallest absolute Gasteiger partial charge is 0.169 e. The fraction of sp³-hybridized carbons (Fsp3) is 0.500. The Bertz CT molecular complexity index is 452. The van der Waals surface area contributed by atoms with Crippen molar-refractivity contribution in [2.45, 2.75) is 0 Å². The SMILES string of the molecule is Nc1cc(N)c(NCCN2CCOCC2)c(F)c1Cl. The lowest BCUT2D eigenvalue weighted by Crippen LogP contribution is -2.39. The summed E-state index contributed by atoms with van der Waals surface area (Å²) in [7, 11) is 0. The Kier molecular flexibility index (Phi) is 4.68. The van der Waals surface area contributed by atoms with Gasteiger partial charge >= 0.3 is 0 Å². The van der Waals surface area contributed by atoms with Crippen molar-refractivity contribution in [3.8, 4) is 0 Å². The van der Waals surface area contributed by atoms with Crippen LogP contribution in [0.3, 0.4) is 0 Å². The molecule has 1 saturated heterocycles. The average Bonchev–Trinajstić information content (AvgIpc) is 2.41. The van der Waals surface area contributed by atoms with E-state index >= 15 is 0 Å². The van der Waals surface area contributed by atoms with Gasteiger partial charge in [-0.05, 0) is 6.07 Å². The third-order valence-electron chi connectivity index (χ3n) is 3.10. The number of nitrogen functional groups attached to an aromatic ring is 2. The second kappa shape index (κ2) is 6.27. The minimum Gasteiger partial charge on any atom is -0.397 e. The molecule has 7 heteroatoms. The van der Waals surface area contributed by atoms with E-state index in [4.69, 9.17) is 27.8 Å². The highest BCUT2D eigenvalue weighted by Crippen LogP contribution is 2.33. The van der Waals surface area contributed by atoms with Crippen molar-refractivity contribution in [2.24, 2.45) is 0 Å². The molecule has 0 aliphatic carbocycles. The molecule has 0 aromatic heterocycles. The van der Waals surface area contributed by atoms with E-state index in [0.717, 1.165) is 32.8 Å². The summed E-state index contributed by atoms with van der Waals surface area (Å²) in [6.07, 6.45) is 0. The monoisotopic (exact) mass is 288 g/mol. The molecule has 1 aliphatic rings. The number of ether oxygens (including phenoxy) is 1. The third kappa shape index (κ3) is 3.40. The van der Waals surface area contributed by atoms with Crippen molar-refractivity contribution < 1.29 is 9.13 Å². The quantitative estimate of drug-likeness (QED) is 0.730. The molecule has 0 amide bonds. The first-order chi connectivity index (χ1) is 9.09. The Balaban J connectivity index is 1.94. The molecular weight excluding hydrogens is 271 g/mol. The Morgan fingerprint density at radius 3 is 2.68 bits per heavy atom. The van der Waals surface area contributed by atoms with Crippen molar-refractivity contribution in [3.63, 3.8) is 0 Å². The number of benzene rings is 1. The van der Waals surface area contributed by atoms with Crippen LogP contribution < -0.4 is 16.8 Å². The second-order valence-electron chi connectivity index (χ2n) is 4.44. The van der Waals surface area contributed by atoms with Gasteiger partial charge in [-0.1, -0.05) is 11.6 Å². The molecule has 1 fully saturated rings. The number of hydrogen-bond acceptors (Lipinski definition) is 5. The van der Waals surface area contributed by atoms with Gasteiger partial charge in [0.25, 0.3) is 0 Å². The van der Waals surface area contributed by atoms with Crippen LogP contribution in [-0.4, -0.2) is 44.3 Å². The molecule has 106 valence electrons. The molecule has 1 heterocycles. The van der Waals surface area contributed by atoms with Crippen LogP contribution >= 0.6 is 11.6 Å². The van der Waals surface area contributed by atoms with Gasteiger partial charge < -0.3 is 21.5 Å². The van der Waals surface area contributed by atoms with Crippen LogP contribution in [0.1, 0.15) is 0 Å². The van der Waals surface area contributed by atoms with Gasteiger partial charge in [-0.2, -0.15) is 0 Å². The predicted molar refractivity (Wildman–Crippen MR) is 76.0 cm³/mol. The minimum atomic E-state index is -0.596. The van der Waals surface area contributed by atoms with Crippen molar-refractivity contribution in [3.05, 3.63) is 16.9 Å². The predicted octanol–water partition coefficient (Wildman–Crippen LogP) is 1.39. The Morgan fingerprint density at radius 2 is 2.00 bits per heavy atom. The van der Waals surface area contributed by atoms with Crippen molar-refractivity contribution in [1.29, 1.82) is 0 Å². The summed E-state index contributed by atoms with van der Waals surface area (Å²) in [6.45, 7) is 4.64. The summed E-state index contributed by atoms with van der Waals surface area (Å²) in [5.41, 5.74) is 11.9. The lowest BCUT2D eigenvalue weighted by Gasteiger charge is -2.26. The van der Waals surface area contributed by atoms with Gasteiger partial charge in [0, 0.05) is 26.2 Å². The molecule has 1 aromatic rings. The molecule has 1 aliphatic heterocycles. The van der Waals surface area contributed by atoms with Gasteiger partial charge in [0.05, 0.1) is 30.3 Å². The first-order valence-electron chi connectivity index (χ1n) is 6.16. The summed E-state index contributed by atoms with van der Waals surface area (Å²) in [5, 5.41) is 2.88. The first-order valence-corrected chi connectivity index (χ1v) is 6.54. The summed E-state index contributed by atoms with van der Waals surface area (Å²) in [4.78, 5) is 2.24. The van der Waals surface area contributed by atoms with Crippen molar-refractivity contribution >= 4 is 28.7 Å². The number of rotatable bonds is 4. The summed E-state index contributed by atoms with van der Waals surface area (Å²) in [5.74, 6) is -0.596. The number of nitrogens with one attached hydrogen (secondary N) is 1. The van der Waals surface area contributed by atoms with E-state index in [0.29, 0.717) is 6.54 Å². The largest absolute Gasteiger partial charge is 0.397 e. The van der Waals surface area contributed by atoms with Crippen LogP contribution in [-0.2, 0) is 4.74 Å². The Labute approximate surface area is 116 Å². The van der Waals surface area contributed by atoms with Gasteiger partial charge in [0.2, 0.25) is 0 Å². The van der Waals surface area contributed by atoms with Crippen molar-refractivity contribution in [1.82, 2.24) is 4.90 Å². The fourth-order valence-corrected chi connectivity index (χ4v) is 2.16. The van der Waals surface area contributed by atoms with Crippen LogP contribution in [0.25, 0.3) is 0 Å². The van der Waals surface area contributed by atoms with E-state index in [-0.39, 0.29) is 22.1 Å². The number of nitrogens with two attached hydrogens (primary N) is 2. The lowest BCUT2D eigenvalue weighted by molar-refractivity contribution is 0.0398. The van der Waals surface area contributed by atoms with Crippen molar-refractivity contribution in [2.75, 3.05) is 56.2 Å². The summed E-state index contributed by atoms with van der Waals surface area (Å²) >= 11 is 5.76. The van der Waals surface area contributed by atoms with Gasteiger partial charge in [-0.3, -0.25) is 4.90 Å². The maximum absolute atomic E-state index is 13.9. The highest BCUT2D eigenvalue weighted by Gasteiger charge is 2.15. The number of nitrogens with zero attached hydrogens (tertiary/aromatic N) is 1. The molecular formula is C12H18ClFN4O. The molecule has 5 nitrogen and oxygen atoms in total. The zero-order valence-electron chi connectivity index (χ0n) is 10.6. The molecule has 2 rings (SSSR count). The van der Waals surface area contributed by atoms with E-state index in [1.807, 2.05) is 0 Å². The normalized spacial score (nSPS) is 16.5. The molecule has 19 heavy (non-hydrogen) atoms. The van der Waals surface area contributed by atoms with Gasteiger partial charge in [0.1, 0.15) is 5.02 Å². The molecule has 0 unspecified atom stereocenters. The molecule has 0 saturated carbocycles. The van der Waals surface area contributed by atoms with Crippen LogP contribution in [0.2, 0.25) is 5.02 Å². The number of anilines is 3. The maximum atomic E-state index is 13.9. The van der Waals surface area contributed by atoms with E-state index in [1.165, 1.54) is 6.07 Å². The lowest BCUT2D eigenvalue weighted by atomic mass is 10.2. The van der Waals surface area contributed by atoms with E-state index in [1.54, 1.807) is 0 Å². The number of halogens is 2. The molecule has 5 N–H and O–H groups in total. The van der Waals surface area contributed by atoms with E-state index in [2.05, 4.69) is 10.2 Å². The van der Waals surface area contributed by atoms with Gasteiger partial charge in [-0.25, -0.2) is 4.39 Å². The summed E-state index contributed by atoms with van der Waals surface area (Å²) in [6, 6.07) is 1.46. The highest BCUT2D eigenvalue weighted by molar-refractivity contribution is 6.33. The zero-order chi connectivity index (χ0) is 13.8. The van der Waals surface area contributed by atoms with Crippen LogP contribution in [0.15, 0.2) is 6.07 Å². The molecule has 0 spiro atoms. The molecule has 0 bridgehead atoms. The molecule has 1 aromatic carbocycles. The number of morpholine rings is 1. The zero-order valence-corrected chi connectivity index (χ0v) is 11.3. The third-order valence-corrected chi connectivity index (χ3v) is 3.48. The van der Waals surface area contributed by atoms with Crippen LogP contribution in [0.5, 0.6) is 0 Å². The molecule has 0 atom stereocenters. The van der Waals surface area contributed by atoms with E-state index in [9.17, 15) is 4.39 Å². The Morgan fingerprint density at radius 1 is 1.32 bits per heavy atom. The minimum absolute atomic E-state index is 0.0944. The Hall–Kier alpha value is -1.24. The highest BCUT2D eigenvalue weighted by atomic mass is 35.5. The van der Waals surface area contributed by atoms with Gasteiger partial charge in [-0.15, -0.1) is 0 Å². The first kappa shape index (κ1) is 14.2. The standard InChI is InChI=1S/C12H18ClFN4O/c13-10-8(15)7-9(16)12(11(10)14)17-1-2-18-3-5-19-6-4-18/h7,17H,1-6,15-16H2. The van der Waals surface area contributed by atoms with Gasteiger partial charge in [0.15, 0.2) is 5.82 Å². The maximum Gasteiger partial charge on any atom is 0.169 e.